The summed E-state index contributed by atoms with van der Waals surface area (Å²) in [6.07, 6.45) is 19.3. The van der Waals surface area contributed by atoms with Gasteiger partial charge in [0, 0.05) is 110 Å². The average molecular weight is 1250 g/mol. The van der Waals surface area contributed by atoms with Gasteiger partial charge in [-0.1, -0.05) is 63.8 Å². The fourth-order valence-electron chi connectivity index (χ4n) is 11.0. The van der Waals surface area contributed by atoms with Gasteiger partial charge in [-0.05, 0) is 145 Å². The van der Waals surface area contributed by atoms with Gasteiger partial charge in [0.15, 0.2) is 2.74 Å². The number of hydrogen-bond acceptors (Lipinski definition) is 18. The fourth-order valence-corrected chi connectivity index (χ4v) is 34.2. The molecule has 67 heavy (non-hydrogen) atoms. The minimum atomic E-state index is 0.396. The van der Waals surface area contributed by atoms with Crippen LogP contribution in [0, 0.1) is 45.8 Å². The van der Waals surface area contributed by atoms with Gasteiger partial charge in [-0.15, -0.1) is 82.3 Å². The van der Waals surface area contributed by atoms with Crippen molar-refractivity contribution < 1.29 is 0 Å². The molecule has 18 heteroatoms. The molecule has 6 bridgehead atoms. The second-order valence-corrected chi connectivity index (χ2v) is 42.3. The van der Waals surface area contributed by atoms with Crippen LogP contribution in [0.2, 0.25) is 0 Å². The smallest absolute Gasteiger partial charge is 0.153 e. The molecule has 386 valence electrons. The summed E-state index contributed by atoms with van der Waals surface area (Å²) in [7, 11) is 0. The van der Waals surface area contributed by atoms with Crippen molar-refractivity contribution in [3.05, 3.63) is 0 Å². The van der Waals surface area contributed by atoms with Crippen molar-refractivity contribution in [2.45, 2.75) is 113 Å². The lowest BCUT2D eigenvalue weighted by Gasteiger charge is -2.50. The minimum absolute atomic E-state index is 0.396. The van der Waals surface area contributed by atoms with Crippen molar-refractivity contribution in [2.24, 2.45) is 45.8 Å². The maximum atomic E-state index is 5.47. The molecule has 0 aromatic rings. The second-order valence-electron chi connectivity index (χ2n) is 20.2. The molecule has 0 N–H and O–H groups in total. The Bertz CT molecular complexity index is 1290. The maximum Gasteiger partial charge on any atom is 0.153 e. The summed E-state index contributed by atoms with van der Waals surface area (Å²) in [6.45, 7) is 7.15. The van der Waals surface area contributed by atoms with Crippen LogP contribution in [0.4, 0.5) is 0 Å². The predicted molar refractivity (Wildman–Crippen MR) is 358 cm³/mol. The summed E-state index contributed by atoms with van der Waals surface area (Å²) in [5.74, 6) is 24.2. The lowest BCUT2D eigenvalue weighted by atomic mass is 9.56. The Labute approximate surface area is 491 Å². The molecule has 0 aromatic heterocycles. The van der Waals surface area contributed by atoms with E-state index in [-0.39, 0.29) is 0 Å². The quantitative estimate of drug-likeness (QED) is 0.211. The van der Waals surface area contributed by atoms with Crippen LogP contribution in [0.5, 0.6) is 0 Å². The lowest BCUT2D eigenvalue weighted by Crippen LogP contribution is -2.44. The largest absolute Gasteiger partial charge is 0.160 e. The first-order valence-corrected chi connectivity index (χ1v) is 42.9. The molecule has 0 radical (unpaired) electrons. The van der Waals surface area contributed by atoms with E-state index in [1.165, 1.54) is 216 Å². The molecule has 14 rings (SSSR count). The lowest BCUT2D eigenvalue weighted by molar-refractivity contribution is 0.112. The number of rotatable bonds is 0. The Morgan fingerprint density at radius 3 is 1.16 bits per heavy atom. The van der Waals surface area contributed by atoms with Gasteiger partial charge < -0.3 is 0 Å². The Kier molecular flexibility index (Phi) is 31.2. The molecule has 7 saturated heterocycles. The first kappa shape index (κ1) is 61.7. The molecular weight excluding hydrogens is 1170 g/mol. The summed E-state index contributed by atoms with van der Waals surface area (Å²) in [5, 5.41) is 7.93. The van der Waals surface area contributed by atoms with Gasteiger partial charge in [-0.3, -0.25) is 0 Å². The van der Waals surface area contributed by atoms with Gasteiger partial charge in [-0.2, -0.15) is 94.1 Å². The van der Waals surface area contributed by atoms with Crippen LogP contribution in [0.1, 0.15) is 111 Å². The van der Waals surface area contributed by atoms with Crippen LogP contribution in [-0.4, -0.2) is 128 Å². The van der Waals surface area contributed by atoms with Crippen LogP contribution in [0.3, 0.4) is 0 Å². The molecule has 0 aromatic carbocycles. The monoisotopic (exact) mass is 1250 g/mol. The standard InChI is InChI=1S/C10H14S.C10H16S.C7H12S4.C6H10S.C5H8S4.2C4H8S2.C3H6S3/c11-10-8-2-6-1-7(4-8)5-9(10)3-6;1-9(2)7-4-5-10(9,3)8(11)6-7;1-7(2-9-5-8-1)3-10-6-11-4-7;7-6-4-2-1-3-5-6;1-2-7-5(6-1)8-3-4-9-5;1-2-6-4-3-5-1;1-2-5-4-6-3-1;1-4-2-6-3-5-1/h6-9H,1-5H2;7H,4-6H2,1-3H3;1-6H2;1-5H2;1-4H2;2*1-4H2;1-3H2. The predicted octanol–water partition coefficient (Wildman–Crippen LogP) is 19.1. The highest BCUT2D eigenvalue weighted by Crippen LogP contribution is 2.64. The van der Waals surface area contributed by atoms with E-state index < -0.39 is 0 Å². The van der Waals surface area contributed by atoms with Crippen molar-refractivity contribution >= 4 is 228 Å². The molecule has 0 nitrogen and oxygen atoms in total. The second kappa shape index (κ2) is 33.8. The average Bonchev–Trinajstić information content (AvgIpc) is 4.14. The highest BCUT2D eigenvalue weighted by atomic mass is 32.3. The third kappa shape index (κ3) is 20.9. The van der Waals surface area contributed by atoms with Gasteiger partial charge in [-0.25, -0.2) is 0 Å². The first-order chi connectivity index (χ1) is 32.5. The summed E-state index contributed by atoms with van der Waals surface area (Å²) >= 11 is 47.3. The third-order valence-electron chi connectivity index (χ3n) is 15.1. The molecule has 14 aliphatic rings. The van der Waals surface area contributed by atoms with Gasteiger partial charge in [0.25, 0.3) is 0 Å². The van der Waals surface area contributed by atoms with Crippen LogP contribution >= 0.6 is 213 Å². The van der Waals surface area contributed by atoms with E-state index in [1.807, 2.05) is 35.3 Å². The third-order valence-corrected chi connectivity index (χ3v) is 39.5. The molecular formula is C49H82S18. The van der Waals surface area contributed by atoms with E-state index in [0.717, 1.165) is 29.6 Å². The van der Waals surface area contributed by atoms with Gasteiger partial charge >= 0.3 is 0 Å². The molecule has 7 aliphatic heterocycles. The molecule has 7 aliphatic carbocycles. The van der Waals surface area contributed by atoms with Crippen molar-refractivity contribution in [3.63, 3.8) is 0 Å². The van der Waals surface area contributed by atoms with Gasteiger partial charge in [0.05, 0.1) is 0 Å². The number of fused-ring (bicyclic) bond motifs is 2. The topological polar surface area (TPSA) is 0 Å². The van der Waals surface area contributed by atoms with Crippen LogP contribution in [0.25, 0.3) is 0 Å². The summed E-state index contributed by atoms with van der Waals surface area (Å²) in [5.41, 5.74) is 1.60. The minimum Gasteiger partial charge on any atom is -0.160 e. The maximum absolute atomic E-state index is 5.47. The van der Waals surface area contributed by atoms with E-state index in [0.29, 0.717) is 19.0 Å². The summed E-state index contributed by atoms with van der Waals surface area (Å²) in [4.78, 5) is 4.10. The normalized spacial score (nSPS) is 34.6. The number of hydrogen-bond donors (Lipinski definition) is 0. The molecule has 7 heterocycles. The van der Waals surface area contributed by atoms with Crippen molar-refractivity contribution in [3.8, 4) is 0 Å². The van der Waals surface area contributed by atoms with E-state index in [2.05, 4.69) is 162 Å². The van der Waals surface area contributed by atoms with Gasteiger partial charge in [0.2, 0.25) is 0 Å². The molecule has 2 spiro atoms. The van der Waals surface area contributed by atoms with Crippen LogP contribution in [-0.2, 0) is 0 Å². The highest BCUT2D eigenvalue weighted by molar-refractivity contribution is 8.50. The van der Waals surface area contributed by atoms with E-state index >= 15 is 0 Å². The zero-order chi connectivity index (χ0) is 47.3. The van der Waals surface area contributed by atoms with Crippen LogP contribution < -0.4 is 0 Å². The van der Waals surface area contributed by atoms with E-state index in [9.17, 15) is 0 Å². The van der Waals surface area contributed by atoms with Crippen LogP contribution in [0.15, 0.2) is 0 Å². The SMILES string of the molecule is C1CSC2(S1)SCCS2.C1CSCCS1.C1CSCSC1.C1SCC2(CS1)CSCSC2.C1SCSCS1.CC12CCC(CC1=S)C2(C)C.S=C1C2CC3CC(C2)CC1C3.S=C1CCCCC1. The first-order valence-electron chi connectivity index (χ1n) is 25.0. The number of thiocarbonyl (C=S) groups is 3. The fraction of sp³-hybridized carbons (Fsp3) is 0.939. The zero-order valence-electron chi connectivity index (χ0n) is 40.8. The summed E-state index contributed by atoms with van der Waals surface area (Å²) in [6, 6.07) is 0. The Morgan fingerprint density at radius 1 is 0.448 bits per heavy atom. The molecule has 2 atom stereocenters. The summed E-state index contributed by atoms with van der Waals surface area (Å²) < 4.78 is 0.556. The van der Waals surface area contributed by atoms with Gasteiger partial charge in [0.1, 0.15) is 0 Å². The molecule has 14 fully saturated rings. The Hall–Kier alpha value is 5.52. The molecule has 7 saturated carbocycles. The van der Waals surface area contributed by atoms with Crippen molar-refractivity contribution in [1.82, 2.24) is 0 Å². The molecule has 0 amide bonds. The Morgan fingerprint density at radius 2 is 0.881 bits per heavy atom. The van der Waals surface area contributed by atoms with Crippen molar-refractivity contribution in [1.29, 1.82) is 0 Å². The number of thioether (sulfide) groups is 15. The highest BCUT2D eigenvalue weighted by Gasteiger charge is 2.59. The van der Waals surface area contributed by atoms with Crippen molar-refractivity contribution in [2.75, 3.05) is 111 Å². The molecule has 2 unspecified atom stereocenters. The van der Waals surface area contributed by atoms with E-state index in [4.69, 9.17) is 36.7 Å². The van der Waals surface area contributed by atoms with E-state index in [1.54, 1.807) is 0 Å². The zero-order valence-corrected chi connectivity index (χ0v) is 55.5. The Balaban J connectivity index is 0.000000128.